The Kier molecular flexibility index (Phi) is 5.37. The Bertz CT molecular complexity index is 487. The van der Waals surface area contributed by atoms with E-state index in [0.717, 1.165) is 30.8 Å². The number of amides is 1. The fraction of sp³-hybridized carbons (Fsp3) is 0.588. The summed E-state index contributed by atoms with van der Waals surface area (Å²) in [6.07, 6.45) is 0.516. The van der Waals surface area contributed by atoms with E-state index in [-0.39, 0.29) is 17.9 Å². The summed E-state index contributed by atoms with van der Waals surface area (Å²) in [5, 5.41) is 12.8. The lowest BCUT2D eigenvalue weighted by atomic mass is 9.97. The average Bonchev–Trinajstić information content (AvgIpc) is 2.43. The Morgan fingerprint density at radius 3 is 2.81 bits per heavy atom. The summed E-state index contributed by atoms with van der Waals surface area (Å²) >= 11 is 0. The first kappa shape index (κ1) is 16.0. The predicted octanol–water partition coefficient (Wildman–Crippen LogP) is 2.45. The van der Waals surface area contributed by atoms with E-state index in [1.54, 1.807) is 0 Å². The first-order chi connectivity index (χ1) is 9.97. The molecule has 1 amide bonds. The quantitative estimate of drug-likeness (QED) is 0.895. The van der Waals surface area contributed by atoms with Gasteiger partial charge in [0.1, 0.15) is 0 Å². The lowest BCUT2D eigenvalue weighted by Crippen LogP contribution is -2.45. The second kappa shape index (κ2) is 7.05. The number of nitrogens with one attached hydrogen (secondary N) is 1. The van der Waals surface area contributed by atoms with Crippen molar-refractivity contribution in [3.05, 3.63) is 29.8 Å². The fourth-order valence-corrected chi connectivity index (χ4v) is 2.87. The van der Waals surface area contributed by atoms with Gasteiger partial charge in [-0.25, -0.2) is 0 Å². The Hall–Kier alpha value is -1.39. The molecule has 2 rings (SSSR count). The number of hydrogen-bond acceptors (Lipinski definition) is 3. The van der Waals surface area contributed by atoms with Gasteiger partial charge in [0.05, 0.1) is 12.6 Å². The number of carbonyl (C=O) groups is 1. The van der Waals surface area contributed by atoms with Gasteiger partial charge in [-0.05, 0) is 29.9 Å². The van der Waals surface area contributed by atoms with Crippen LogP contribution in [0.2, 0.25) is 0 Å². The number of hydrogen-bond donors (Lipinski definition) is 2. The normalized spacial score (nSPS) is 23.3. The zero-order valence-corrected chi connectivity index (χ0v) is 13.2. The molecule has 1 aromatic rings. The van der Waals surface area contributed by atoms with E-state index in [9.17, 15) is 9.90 Å². The third kappa shape index (κ3) is 4.29. The summed E-state index contributed by atoms with van der Waals surface area (Å²) < 4.78 is 0. The molecule has 2 N–H and O–H groups in total. The number of carbonyl (C=O) groups excluding carboxylic acids is 1. The maximum atomic E-state index is 12.2. The van der Waals surface area contributed by atoms with Crippen molar-refractivity contribution in [3.8, 4) is 0 Å². The highest BCUT2D eigenvalue weighted by atomic mass is 16.3. The molecular formula is C17H26N2O2. The maximum Gasteiger partial charge on any atom is 0.238 e. The van der Waals surface area contributed by atoms with Gasteiger partial charge in [0, 0.05) is 18.8 Å². The minimum absolute atomic E-state index is 0.0201. The summed E-state index contributed by atoms with van der Waals surface area (Å²) in [4.78, 5) is 14.3. The summed E-state index contributed by atoms with van der Waals surface area (Å²) in [6.45, 7) is 8.23. The molecule has 1 fully saturated rings. The van der Waals surface area contributed by atoms with Gasteiger partial charge >= 0.3 is 0 Å². The zero-order chi connectivity index (χ0) is 15.4. The van der Waals surface area contributed by atoms with E-state index < -0.39 is 0 Å². The topological polar surface area (TPSA) is 52.6 Å². The van der Waals surface area contributed by atoms with Gasteiger partial charge < -0.3 is 10.4 Å². The van der Waals surface area contributed by atoms with Crippen LogP contribution in [0.1, 0.15) is 38.7 Å². The summed E-state index contributed by atoms with van der Waals surface area (Å²) in [5.74, 6) is 0.632. The first-order valence-corrected chi connectivity index (χ1v) is 7.76. The fourth-order valence-electron chi connectivity index (χ4n) is 2.87. The molecule has 1 aromatic carbocycles. The molecule has 116 valence electrons. The number of piperidine rings is 1. The van der Waals surface area contributed by atoms with E-state index in [2.05, 4.69) is 30.1 Å². The number of likely N-dealkylation sites (tertiary alicyclic amines) is 1. The van der Waals surface area contributed by atoms with Gasteiger partial charge in [0.15, 0.2) is 0 Å². The van der Waals surface area contributed by atoms with Gasteiger partial charge in [0.2, 0.25) is 5.91 Å². The summed E-state index contributed by atoms with van der Waals surface area (Å²) in [6, 6.07) is 7.95. The smallest absolute Gasteiger partial charge is 0.238 e. The average molecular weight is 290 g/mol. The Balaban J connectivity index is 1.93. The van der Waals surface area contributed by atoms with Crippen molar-refractivity contribution < 1.29 is 9.90 Å². The number of para-hydroxylation sites is 1. The molecular weight excluding hydrogens is 264 g/mol. The van der Waals surface area contributed by atoms with E-state index in [0.29, 0.717) is 12.5 Å². The van der Waals surface area contributed by atoms with Gasteiger partial charge in [0.25, 0.3) is 0 Å². The number of rotatable bonds is 4. The van der Waals surface area contributed by atoms with Crippen molar-refractivity contribution in [3.63, 3.8) is 0 Å². The summed E-state index contributed by atoms with van der Waals surface area (Å²) in [5.41, 5.74) is 2.07. The lowest BCUT2D eigenvalue weighted by Gasteiger charge is -2.33. The third-order valence-electron chi connectivity index (χ3n) is 4.17. The van der Waals surface area contributed by atoms with Crippen molar-refractivity contribution in [2.24, 2.45) is 5.92 Å². The second-order valence-corrected chi connectivity index (χ2v) is 6.36. The first-order valence-electron chi connectivity index (χ1n) is 7.76. The van der Waals surface area contributed by atoms with Crippen LogP contribution < -0.4 is 5.32 Å². The predicted molar refractivity (Wildman–Crippen MR) is 85.4 cm³/mol. The molecule has 1 saturated heterocycles. The number of aliphatic hydroxyl groups is 1. The second-order valence-electron chi connectivity index (χ2n) is 6.36. The number of nitrogens with zero attached hydrogens (tertiary/aromatic N) is 1. The van der Waals surface area contributed by atoms with Crippen LogP contribution >= 0.6 is 0 Å². The minimum atomic E-state index is -0.231. The zero-order valence-electron chi connectivity index (χ0n) is 13.2. The standard InChI is InChI=1S/C17H26N2O2/c1-12(2)14-6-4-5-7-15(14)18-17(21)11-19-9-8-16(20)13(3)10-19/h4-7,12-13,16,20H,8-11H2,1-3H3,(H,18,21). The molecule has 0 radical (unpaired) electrons. The Morgan fingerprint density at radius 2 is 2.14 bits per heavy atom. The molecule has 0 spiro atoms. The molecule has 2 atom stereocenters. The van der Waals surface area contributed by atoms with Crippen LogP contribution in [0.4, 0.5) is 5.69 Å². The van der Waals surface area contributed by atoms with Crippen molar-refractivity contribution in [1.29, 1.82) is 0 Å². The van der Waals surface area contributed by atoms with Crippen LogP contribution in [0.15, 0.2) is 24.3 Å². The van der Waals surface area contributed by atoms with Crippen molar-refractivity contribution in [2.45, 2.75) is 39.2 Å². The van der Waals surface area contributed by atoms with Crippen LogP contribution in [0, 0.1) is 5.92 Å². The van der Waals surface area contributed by atoms with Crippen LogP contribution in [0.3, 0.4) is 0 Å². The van der Waals surface area contributed by atoms with Gasteiger partial charge in [-0.3, -0.25) is 9.69 Å². The van der Waals surface area contributed by atoms with Gasteiger partial charge in [-0.1, -0.05) is 39.0 Å². The Morgan fingerprint density at radius 1 is 1.43 bits per heavy atom. The highest BCUT2D eigenvalue weighted by Gasteiger charge is 2.25. The monoisotopic (exact) mass is 290 g/mol. The van der Waals surface area contributed by atoms with Crippen molar-refractivity contribution in [2.75, 3.05) is 25.0 Å². The van der Waals surface area contributed by atoms with Crippen molar-refractivity contribution >= 4 is 11.6 Å². The number of aliphatic hydroxyl groups excluding tert-OH is 1. The molecule has 4 heteroatoms. The van der Waals surface area contributed by atoms with Crippen molar-refractivity contribution in [1.82, 2.24) is 4.90 Å². The van der Waals surface area contributed by atoms with Crippen LogP contribution in [0.25, 0.3) is 0 Å². The molecule has 1 aliphatic rings. The third-order valence-corrected chi connectivity index (χ3v) is 4.17. The maximum absolute atomic E-state index is 12.2. The van der Waals surface area contributed by atoms with E-state index in [4.69, 9.17) is 0 Å². The molecule has 0 saturated carbocycles. The van der Waals surface area contributed by atoms with Crippen LogP contribution in [-0.4, -0.2) is 41.7 Å². The molecule has 4 nitrogen and oxygen atoms in total. The minimum Gasteiger partial charge on any atom is -0.393 e. The van der Waals surface area contributed by atoms with E-state index >= 15 is 0 Å². The molecule has 2 unspecified atom stereocenters. The van der Waals surface area contributed by atoms with E-state index in [1.807, 2.05) is 25.1 Å². The van der Waals surface area contributed by atoms with Crippen LogP contribution in [-0.2, 0) is 4.79 Å². The lowest BCUT2D eigenvalue weighted by molar-refractivity contribution is -0.118. The van der Waals surface area contributed by atoms with Crippen LogP contribution in [0.5, 0.6) is 0 Å². The molecule has 1 aliphatic heterocycles. The SMILES string of the molecule is CC(C)c1ccccc1NC(=O)CN1CCC(O)C(C)C1. The van der Waals surface area contributed by atoms with E-state index in [1.165, 1.54) is 0 Å². The highest BCUT2D eigenvalue weighted by molar-refractivity contribution is 5.93. The number of benzene rings is 1. The highest BCUT2D eigenvalue weighted by Crippen LogP contribution is 2.23. The molecule has 0 bridgehead atoms. The van der Waals surface area contributed by atoms with Gasteiger partial charge in [-0.2, -0.15) is 0 Å². The largest absolute Gasteiger partial charge is 0.393 e. The Labute approximate surface area is 127 Å². The summed E-state index contributed by atoms with van der Waals surface area (Å²) in [7, 11) is 0. The number of anilines is 1. The van der Waals surface area contributed by atoms with Gasteiger partial charge in [-0.15, -0.1) is 0 Å². The molecule has 21 heavy (non-hydrogen) atoms. The molecule has 0 aliphatic carbocycles. The molecule has 0 aromatic heterocycles. The molecule has 1 heterocycles.